The zero-order valence-electron chi connectivity index (χ0n) is 33.5. The minimum atomic E-state index is 0.714. The van der Waals surface area contributed by atoms with Crippen LogP contribution in [0.1, 0.15) is 94.4 Å². The van der Waals surface area contributed by atoms with Crippen LogP contribution in [0.25, 0.3) is 0 Å². The fraction of sp³-hybridized carbons (Fsp3) is 0.652. The molecule has 4 bridgehead atoms. The largest absolute Gasteiger partial charge is 0.486 e. The van der Waals surface area contributed by atoms with Crippen LogP contribution in [0.3, 0.4) is 0 Å². The van der Waals surface area contributed by atoms with Crippen LogP contribution < -0.4 is 9.47 Å². The van der Waals surface area contributed by atoms with E-state index in [9.17, 15) is 0 Å². The van der Waals surface area contributed by atoms with E-state index in [1.807, 2.05) is 6.92 Å². The number of benzene rings is 2. The highest BCUT2D eigenvalue weighted by Crippen LogP contribution is 2.30. The predicted molar refractivity (Wildman–Crippen MR) is 214 cm³/mol. The van der Waals surface area contributed by atoms with Crippen LogP contribution >= 0.6 is 0 Å². The molecule has 6 aliphatic rings. The second kappa shape index (κ2) is 17.9. The summed E-state index contributed by atoms with van der Waals surface area (Å²) in [7, 11) is 0. The molecule has 0 atom stereocenters. The Morgan fingerprint density at radius 3 is 1.37 bits per heavy atom. The summed E-state index contributed by atoms with van der Waals surface area (Å²) >= 11 is 0. The maximum Gasteiger partial charge on any atom is 0.137 e. The molecule has 6 fully saturated rings. The summed E-state index contributed by atoms with van der Waals surface area (Å²) in [5, 5.41) is 0. The second-order valence-electron chi connectivity index (χ2n) is 17.1. The summed E-state index contributed by atoms with van der Waals surface area (Å²) in [4.78, 5) is 0. The first-order chi connectivity index (χ1) is 25.3. The molecule has 8 rings (SSSR count). The number of hydrogen-bond acceptors (Lipinski definition) is 2. The maximum absolute atomic E-state index is 6.60. The molecule has 6 heteroatoms. The molecular formula is C46H70N4O2+4. The fourth-order valence-corrected chi connectivity index (χ4v) is 9.63. The highest BCUT2D eigenvalue weighted by Gasteiger charge is 2.49. The average Bonchev–Trinajstić information content (AvgIpc) is 3.17. The number of rotatable bonds is 18. The van der Waals surface area contributed by atoms with Gasteiger partial charge in [0.1, 0.15) is 116 Å². The molecule has 0 N–H and O–H groups in total. The van der Waals surface area contributed by atoms with Crippen LogP contribution in [0.4, 0.5) is 0 Å². The van der Waals surface area contributed by atoms with Crippen molar-refractivity contribution in [2.45, 2.75) is 79.1 Å². The quantitative estimate of drug-likeness (QED) is 0.0943. The standard InChI is InChI=1S/C46H70N4O2/c1-5-8-10-12-21-47-23-29-49(30-24-47,31-25-47)35-37-51-45-39-41(4)15-17-43(45)19-20-44-18-16-42(14-7-3)40-46(44)52-38-36-50-32-26-48(27-33-50,28-34-50)22-13-11-9-6-2/h15-18,39-40H,5-6,8-13,21-38H2,1-4H3/q+4. The van der Waals surface area contributed by atoms with E-state index in [0.717, 1.165) is 47.9 Å². The molecule has 0 aliphatic carbocycles. The van der Waals surface area contributed by atoms with Crippen LogP contribution in [0, 0.1) is 30.6 Å². The molecule has 2 aromatic carbocycles. The highest BCUT2D eigenvalue weighted by atomic mass is 16.5. The van der Waals surface area contributed by atoms with Crippen LogP contribution in [0.15, 0.2) is 36.4 Å². The molecule has 6 saturated heterocycles. The van der Waals surface area contributed by atoms with Crippen LogP contribution in [0.5, 0.6) is 11.5 Å². The topological polar surface area (TPSA) is 18.5 Å². The van der Waals surface area contributed by atoms with Gasteiger partial charge in [0.2, 0.25) is 0 Å². The van der Waals surface area contributed by atoms with Crippen molar-refractivity contribution in [1.29, 1.82) is 0 Å². The van der Waals surface area contributed by atoms with E-state index in [4.69, 9.17) is 9.47 Å². The summed E-state index contributed by atoms with van der Waals surface area (Å²) in [6.45, 7) is 30.9. The van der Waals surface area contributed by atoms with Crippen molar-refractivity contribution in [2.75, 3.05) is 118 Å². The van der Waals surface area contributed by atoms with E-state index in [-0.39, 0.29) is 0 Å². The molecule has 2 aromatic rings. The van der Waals surface area contributed by atoms with Crippen molar-refractivity contribution in [3.05, 3.63) is 58.7 Å². The number of fused-ring (bicyclic) bond motifs is 6. The Balaban J connectivity index is 1.05. The first-order valence-corrected chi connectivity index (χ1v) is 21.2. The minimum Gasteiger partial charge on any atom is -0.486 e. The lowest BCUT2D eigenvalue weighted by molar-refractivity contribution is -1.08. The molecule has 6 heterocycles. The van der Waals surface area contributed by atoms with Crippen molar-refractivity contribution in [3.63, 3.8) is 0 Å². The fourth-order valence-electron chi connectivity index (χ4n) is 9.63. The Morgan fingerprint density at radius 2 is 0.923 bits per heavy atom. The molecule has 0 radical (unpaired) electrons. The normalized spacial score (nSPS) is 27.4. The van der Waals surface area contributed by atoms with Gasteiger partial charge in [-0.2, -0.15) is 0 Å². The number of aryl methyl sites for hydroxylation is 1. The van der Waals surface area contributed by atoms with Crippen molar-refractivity contribution in [1.82, 2.24) is 0 Å². The van der Waals surface area contributed by atoms with Crippen LogP contribution in [-0.4, -0.2) is 136 Å². The predicted octanol–water partition coefficient (Wildman–Crippen LogP) is 7.01. The number of piperazine rings is 6. The summed E-state index contributed by atoms with van der Waals surface area (Å²) < 4.78 is 18.4. The molecule has 0 spiro atoms. The van der Waals surface area contributed by atoms with E-state index in [2.05, 4.69) is 80.9 Å². The zero-order chi connectivity index (χ0) is 36.3. The third kappa shape index (κ3) is 9.75. The lowest BCUT2D eigenvalue weighted by Gasteiger charge is -2.55. The van der Waals surface area contributed by atoms with Crippen molar-refractivity contribution >= 4 is 0 Å². The van der Waals surface area contributed by atoms with E-state index >= 15 is 0 Å². The number of hydrogen-bond donors (Lipinski definition) is 0. The molecule has 0 unspecified atom stereocenters. The Labute approximate surface area is 317 Å². The van der Waals surface area contributed by atoms with Gasteiger partial charge in [0.15, 0.2) is 0 Å². The molecule has 0 saturated carbocycles. The number of nitrogens with zero attached hydrogens (tertiary/aromatic N) is 4. The van der Waals surface area contributed by atoms with E-state index in [0.29, 0.717) is 6.61 Å². The number of quaternary nitrogens is 4. The van der Waals surface area contributed by atoms with E-state index < -0.39 is 0 Å². The van der Waals surface area contributed by atoms with Gasteiger partial charge in [-0.3, -0.25) is 0 Å². The molecule has 282 valence electrons. The summed E-state index contributed by atoms with van der Waals surface area (Å²) in [6, 6.07) is 12.7. The SMILES string of the molecule is CC#Cc1ccc(C#Cc2ccc(C)cc2OCC[N+]23CC[N+](CCCCCC)(CC2)CC3)c(OCC[N+]23CC[N+](CCCCCC)(CC2)CC3)c1. The van der Waals surface area contributed by atoms with Gasteiger partial charge < -0.3 is 27.4 Å². The molecule has 0 amide bonds. The monoisotopic (exact) mass is 711 g/mol. The Morgan fingerprint density at radius 1 is 0.500 bits per heavy atom. The first-order valence-electron chi connectivity index (χ1n) is 21.2. The van der Waals surface area contributed by atoms with Gasteiger partial charge in [0.05, 0.1) is 24.2 Å². The van der Waals surface area contributed by atoms with Gasteiger partial charge in [-0.15, -0.1) is 5.92 Å². The second-order valence-corrected chi connectivity index (χ2v) is 17.1. The van der Waals surface area contributed by atoms with E-state index in [1.165, 1.54) is 166 Å². The third-order valence-electron chi connectivity index (χ3n) is 13.6. The van der Waals surface area contributed by atoms with Gasteiger partial charge >= 0.3 is 0 Å². The Bertz CT molecular complexity index is 1560. The molecular weight excluding hydrogens is 641 g/mol. The minimum absolute atomic E-state index is 0.714. The van der Waals surface area contributed by atoms with Gasteiger partial charge in [-0.1, -0.05) is 63.4 Å². The van der Waals surface area contributed by atoms with Crippen molar-refractivity contribution in [3.8, 4) is 35.2 Å². The zero-order valence-corrected chi connectivity index (χ0v) is 33.5. The van der Waals surface area contributed by atoms with E-state index in [1.54, 1.807) is 0 Å². The molecule has 52 heavy (non-hydrogen) atoms. The average molecular weight is 711 g/mol. The van der Waals surface area contributed by atoms with Crippen molar-refractivity contribution in [2.24, 2.45) is 0 Å². The lowest BCUT2D eigenvalue weighted by atomic mass is 10.0. The van der Waals surface area contributed by atoms with Gasteiger partial charge in [-0.25, -0.2) is 0 Å². The number of ether oxygens (including phenoxy) is 2. The Kier molecular flexibility index (Phi) is 13.3. The maximum atomic E-state index is 6.60. The number of unbranched alkanes of at least 4 members (excludes halogenated alkanes) is 6. The third-order valence-corrected chi connectivity index (χ3v) is 13.6. The van der Waals surface area contributed by atoms with Gasteiger partial charge in [-0.05, 0) is 75.4 Å². The van der Waals surface area contributed by atoms with Crippen LogP contribution in [-0.2, 0) is 0 Å². The molecule has 0 aromatic heterocycles. The summed E-state index contributed by atoms with van der Waals surface area (Å²) in [6.07, 6.45) is 11.0. The van der Waals surface area contributed by atoms with Crippen molar-refractivity contribution < 1.29 is 27.4 Å². The summed E-state index contributed by atoms with van der Waals surface area (Å²) in [5.41, 5.74) is 4.05. The highest BCUT2D eigenvalue weighted by molar-refractivity contribution is 5.56. The smallest absolute Gasteiger partial charge is 0.137 e. The summed E-state index contributed by atoms with van der Waals surface area (Å²) in [5.74, 6) is 15.0. The van der Waals surface area contributed by atoms with Gasteiger partial charge in [0.25, 0.3) is 0 Å². The first kappa shape index (κ1) is 38.7. The lowest BCUT2D eigenvalue weighted by Crippen LogP contribution is -2.75. The Hall–Kier alpha value is -3.00. The molecule has 6 nitrogen and oxygen atoms in total. The molecule has 6 aliphatic heterocycles. The van der Waals surface area contributed by atoms with Crippen LogP contribution in [0.2, 0.25) is 0 Å². The van der Waals surface area contributed by atoms with Gasteiger partial charge in [0, 0.05) is 5.56 Å².